The summed E-state index contributed by atoms with van der Waals surface area (Å²) in [6, 6.07) is 5.12. The van der Waals surface area contributed by atoms with Gasteiger partial charge in [-0.15, -0.1) is 0 Å². The van der Waals surface area contributed by atoms with Crippen LogP contribution >= 0.6 is 0 Å². The number of Topliss-reactive ketones (excluding diaryl/α,β-unsaturated/α-hetero) is 1. The molecule has 0 aliphatic heterocycles. The Morgan fingerprint density at radius 3 is 1.86 bits per heavy atom. The number of aromatic hydroxyl groups is 1. The van der Waals surface area contributed by atoms with Crippen molar-refractivity contribution < 1.29 is 31.9 Å². The van der Waals surface area contributed by atoms with Crippen LogP contribution in [0.4, 0.5) is 22.0 Å². The van der Waals surface area contributed by atoms with E-state index in [9.17, 15) is 31.9 Å². The molecule has 2 nitrogen and oxygen atoms in total. The molecule has 110 valence electrons. The van der Waals surface area contributed by atoms with Crippen molar-refractivity contribution in [3.63, 3.8) is 0 Å². The first-order valence-electron chi connectivity index (χ1n) is 5.66. The van der Waals surface area contributed by atoms with Crippen LogP contribution in [0, 0.1) is 29.1 Å². The second-order valence-corrected chi connectivity index (χ2v) is 4.17. The van der Waals surface area contributed by atoms with Gasteiger partial charge in [0.1, 0.15) is 5.75 Å². The van der Waals surface area contributed by atoms with Gasteiger partial charge in [-0.2, -0.15) is 0 Å². The maximum Gasteiger partial charge on any atom is 0.200 e. The van der Waals surface area contributed by atoms with Gasteiger partial charge in [0.05, 0.1) is 5.56 Å². The molecule has 21 heavy (non-hydrogen) atoms. The second kappa shape index (κ2) is 5.51. The molecular weight excluding hydrogens is 295 g/mol. The van der Waals surface area contributed by atoms with E-state index in [4.69, 9.17) is 0 Å². The fraction of sp³-hybridized carbons (Fsp3) is 0.0714. The van der Waals surface area contributed by atoms with E-state index in [-0.39, 0.29) is 5.56 Å². The summed E-state index contributed by atoms with van der Waals surface area (Å²) in [7, 11) is 0. The Morgan fingerprint density at radius 2 is 1.33 bits per heavy atom. The van der Waals surface area contributed by atoms with Crippen molar-refractivity contribution in [3.8, 4) is 5.75 Å². The van der Waals surface area contributed by atoms with Gasteiger partial charge in [0, 0.05) is 12.0 Å². The van der Waals surface area contributed by atoms with Crippen molar-refractivity contribution in [2.75, 3.05) is 0 Å². The molecule has 2 rings (SSSR count). The van der Waals surface area contributed by atoms with Crippen molar-refractivity contribution >= 4 is 5.78 Å². The minimum atomic E-state index is -2.29. The highest BCUT2D eigenvalue weighted by molar-refractivity contribution is 5.99. The van der Waals surface area contributed by atoms with E-state index in [2.05, 4.69) is 0 Å². The van der Waals surface area contributed by atoms with Gasteiger partial charge in [-0.25, -0.2) is 22.0 Å². The molecule has 0 aromatic heterocycles. The van der Waals surface area contributed by atoms with Gasteiger partial charge in [0.2, 0.25) is 5.82 Å². The van der Waals surface area contributed by atoms with Gasteiger partial charge < -0.3 is 5.11 Å². The largest absolute Gasteiger partial charge is 0.507 e. The molecule has 0 bridgehead atoms. The van der Waals surface area contributed by atoms with E-state index in [1.54, 1.807) is 0 Å². The zero-order chi connectivity index (χ0) is 15.7. The summed E-state index contributed by atoms with van der Waals surface area (Å²) in [6.45, 7) is 0. The third-order valence-corrected chi connectivity index (χ3v) is 2.84. The lowest BCUT2D eigenvalue weighted by Gasteiger charge is -2.08. The summed E-state index contributed by atoms with van der Waals surface area (Å²) in [5, 5.41) is 9.43. The molecule has 0 heterocycles. The minimum Gasteiger partial charge on any atom is -0.507 e. The first kappa shape index (κ1) is 15.0. The monoisotopic (exact) mass is 302 g/mol. The number of halogens is 5. The number of phenolic OH excluding ortho intramolecular Hbond substituents is 1. The fourth-order valence-electron chi connectivity index (χ4n) is 1.77. The van der Waals surface area contributed by atoms with Crippen molar-refractivity contribution in [2.24, 2.45) is 0 Å². The van der Waals surface area contributed by atoms with Crippen LogP contribution in [0.3, 0.4) is 0 Å². The number of hydrogen-bond donors (Lipinski definition) is 1. The molecule has 1 N–H and O–H groups in total. The molecular formula is C14H7F5O2. The maximum atomic E-state index is 13.4. The predicted octanol–water partition coefficient (Wildman–Crippen LogP) is 3.51. The Labute approximate surface area is 115 Å². The highest BCUT2D eigenvalue weighted by atomic mass is 19.2. The summed E-state index contributed by atoms with van der Waals surface area (Å²) in [4.78, 5) is 11.8. The van der Waals surface area contributed by atoms with Gasteiger partial charge in [-0.3, -0.25) is 4.79 Å². The summed E-state index contributed by atoms with van der Waals surface area (Å²) in [5.74, 6) is -12.1. The third-order valence-electron chi connectivity index (χ3n) is 2.84. The zero-order valence-corrected chi connectivity index (χ0v) is 10.3. The fourth-order valence-corrected chi connectivity index (χ4v) is 1.77. The molecule has 0 radical (unpaired) electrons. The van der Waals surface area contributed by atoms with Crippen LogP contribution in [-0.4, -0.2) is 10.9 Å². The SMILES string of the molecule is O=C(Cc1c(F)c(F)c(F)c(F)c1F)c1ccccc1O. The quantitative estimate of drug-likeness (QED) is 0.408. The molecule has 0 amide bonds. The third kappa shape index (κ3) is 2.58. The smallest absolute Gasteiger partial charge is 0.200 e. The van der Waals surface area contributed by atoms with E-state index < -0.39 is 52.6 Å². The number of phenols is 1. The summed E-state index contributed by atoms with van der Waals surface area (Å²) in [5.41, 5.74) is -1.51. The molecule has 0 fully saturated rings. The second-order valence-electron chi connectivity index (χ2n) is 4.17. The standard InChI is InChI=1S/C14H7F5O2/c15-10-7(11(16)13(18)14(19)12(10)17)5-9(21)6-3-1-2-4-8(6)20/h1-4,20H,5H2. The molecule has 0 saturated heterocycles. The Bertz CT molecular complexity index is 699. The summed E-state index contributed by atoms with van der Waals surface area (Å²) < 4.78 is 65.8. The van der Waals surface area contributed by atoms with Crippen LogP contribution in [0.2, 0.25) is 0 Å². The van der Waals surface area contributed by atoms with Crippen LogP contribution in [0.25, 0.3) is 0 Å². The van der Waals surface area contributed by atoms with Crippen LogP contribution in [0.5, 0.6) is 5.75 Å². The van der Waals surface area contributed by atoms with E-state index in [1.165, 1.54) is 18.2 Å². The van der Waals surface area contributed by atoms with Crippen molar-refractivity contribution in [1.82, 2.24) is 0 Å². The van der Waals surface area contributed by atoms with Gasteiger partial charge in [-0.1, -0.05) is 12.1 Å². The maximum absolute atomic E-state index is 13.4. The number of carbonyl (C=O) groups is 1. The molecule has 2 aromatic rings. The number of rotatable bonds is 3. The molecule has 2 aromatic carbocycles. The number of hydrogen-bond acceptors (Lipinski definition) is 2. The molecule has 0 unspecified atom stereocenters. The van der Waals surface area contributed by atoms with Gasteiger partial charge in [0.15, 0.2) is 29.1 Å². The molecule has 0 saturated carbocycles. The highest BCUT2D eigenvalue weighted by Gasteiger charge is 2.27. The van der Waals surface area contributed by atoms with Crippen molar-refractivity contribution in [1.29, 1.82) is 0 Å². The van der Waals surface area contributed by atoms with E-state index in [1.807, 2.05) is 0 Å². The molecule has 0 aliphatic carbocycles. The van der Waals surface area contributed by atoms with E-state index in [0.29, 0.717) is 0 Å². The van der Waals surface area contributed by atoms with Crippen molar-refractivity contribution in [3.05, 3.63) is 64.5 Å². The normalized spacial score (nSPS) is 10.7. The first-order chi connectivity index (χ1) is 9.84. The Kier molecular flexibility index (Phi) is 3.93. The van der Waals surface area contributed by atoms with Gasteiger partial charge >= 0.3 is 0 Å². The Balaban J connectivity index is 2.46. The van der Waals surface area contributed by atoms with Crippen LogP contribution in [-0.2, 0) is 6.42 Å². The number of para-hydroxylation sites is 1. The van der Waals surface area contributed by atoms with Crippen molar-refractivity contribution in [2.45, 2.75) is 6.42 Å². The molecule has 7 heteroatoms. The van der Waals surface area contributed by atoms with Crippen LogP contribution in [0.1, 0.15) is 15.9 Å². The lowest BCUT2D eigenvalue weighted by atomic mass is 10.0. The number of benzene rings is 2. The van der Waals surface area contributed by atoms with Gasteiger partial charge in [-0.05, 0) is 12.1 Å². The molecule has 0 spiro atoms. The average Bonchev–Trinajstić information content (AvgIpc) is 2.48. The lowest BCUT2D eigenvalue weighted by molar-refractivity contribution is 0.0987. The van der Waals surface area contributed by atoms with E-state index >= 15 is 0 Å². The average molecular weight is 302 g/mol. The minimum absolute atomic E-state index is 0.276. The highest BCUT2D eigenvalue weighted by Crippen LogP contribution is 2.25. The summed E-state index contributed by atoms with van der Waals surface area (Å²) >= 11 is 0. The van der Waals surface area contributed by atoms with Crippen LogP contribution < -0.4 is 0 Å². The summed E-state index contributed by atoms with van der Waals surface area (Å²) in [6.07, 6.45) is -1.07. The number of carbonyl (C=O) groups excluding carboxylic acids is 1. The first-order valence-corrected chi connectivity index (χ1v) is 5.66. The number of ketones is 1. The van der Waals surface area contributed by atoms with E-state index in [0.717, 1.165) is 6.07 Å². The predicted molar refractivity (Wildman–Crippen MR) is 62.4 cm³/mol. The van der Waals surface area contributed by atoms with Crippen LogP contribution in [0.15, 0.2) is 24.3 Å². The molecule has 0 aliphatic rings. The Morgan fingerprint density at radius 1 is 0.857 bits per heavy atom. The Hall–Kier alpha value is -2.44. The molecule has 0 atom stereocenters. The zero-order valence-electron chi connectivity index (χ0n) is 10.3. The topological polar surface area (TPSA) is 37.3 Å². The van der Waals surface area contributed by atoms with Gasteiger partial charge in [0.25, 0.3) is 0 Å². The lowest BCUT2D eigenvalue weighted by Crippen LogP contribution is -2.12.